The van der Waals surface area contributed by atoms with Crippen molar-refractivity contribution in [2.24, 2.45) is 5.92 Å². The Hall–Kier alpha value is -2.86. The van der Waals surface area contributed by atoms with Gasteiger partial charge >= 0.3 is 0 Å². The SMILES string of the molecule is COCCN(Cc1ccccc1)C(=O)[C@@H]1CC(=O)N(c2cc(C)ccc2OC)C1. The topological polar surface area (TPSA) is 59.1 Å². The molecular formula is C23H28N2O4. The Bertz CT molecular complexity index is 853. The lowest BCUT2D eigenvalue weighted by molar-refractivity contribution is -0.137. The van der Waals surface area contributed by atoms with Crippen LogP contribution in [0.15, 0.2) is 48.5 Å². The first-order valence-corrected chi connectivity index (χ1v) is 9.80. The van der Waals surface area contributed by atoms with Crippen LogP contribution in [-0.4, -0.2) is 50.6 Å². The van der Waals surface area contributed by atoms with Crippen molar-refractivity contribution in [1.82, 2.24) is 4.90 Å². The van der Waals surface area contributed by atoms with Crippen molar-refractivity contribution in [1.29, 1.82) is 0 Å². The van der Waals surface area contributed by atoms with Gasteiger partial charge in [0.25, 0.3) is 0 Å². The van der Waals surface area contributed by atoms with Crippen LogP contribution >= 0.6 is 0 Å². The summed E-state index contributed by atoms with van der Waals surface area (Å²) in [5.41, 5.74) is 2.81. The number of anilines is 1. The van der Waals surface area contributed by atoms with Gasteiger partial charge in [0.1, 0.15) is 5.75 Å². The molecule has 0 N–H and O–H groups in total. The minimum absolute atomic E-state index is 0.0200. The molecule has 1 aliphatic heterocycles. The number of carbonyl (C=O) groups is 2. The van der Waals surface area contributed by atoms with E-state index in [4.69, 9.17) is 9.47 Å². The van der Waals surface area contributed by atoms with Gasteiger partial charge in [0.15, 0.2) is 0 Å². The Kier molecular flexibility index (Phi) is 6.88. The number of benzene rings is 2. The Morgan fingerprint density at radius 2 is 1.93 bits per heavy atom. The molecule has 0 aliphatic carbocycles. The largest absolute Gasteiger partial charge is 0.495 e. The molecule has 154 valence electrons. The average Bonchev–Trinajstić information content (AvgIpc) is 3.12. The normalized spacial score (nSPS) is 16.2. The van der Waals surface area contributed by atoms with E-state index in [1.54, 1.807) is 24.0 Å². The van der Waals surface area contributed by atoms with Crippen LogP contribution in [0.5, 0.6) is 5.75 Å². The van der Waals surface area contributed by atoms with Crippen LogP contribution in [0.1, 0.15) is 17.5 Å². The number of rotatable bonds is 8. The number of methoxy groups -OCH3 is 2. The molecule has 0 saturated carbocycles. The number of nitrogens with zero attached hydrogens (tertiary/aromatic N) is 2. The monoisotopic (exact) mass is 396 g/mol. The Labute approximate surface area is 172 Å². The lowest BCUT2D eigenvalue weighted by Gasteiger charge is -2.26. The summed E-state index contributed by atoms with van der Waals surface area (Å²) in [5.74, 6) is 0.179. The molecule has 1 heterocycles. The van der Waals surface area contributed by atoms with E-state index >= 15 is 0 Å². The van der Waals surface area contributed by atoms with E-state index in [0.717, 1.165) is 16.8 Å². The van der Waals surface area contributed by atoms with Gasteiger partial charge in [0, 0.05) is 33.2 Å². The average molecular weight is 396 g/mol. The van der Waals surface area contributed by atoms with E-state index in [0.29, 0.717) is 32.0 Å². The first kappa shape index (κ1) is 20.9. The fourth-order valence-corrected chi connectivity index (χ4v) is 3.65. The van der Waals surface area contributed by atoms with Gasteiger partial charge in [0.2, 0.25) is 11.8 Å². The van der Waals surface area contributed by atoms with Gasteiger partial charge in [-0.3, -0.25) is 9.59 Å². The number of ether oxygens (including phenoxy) is 2. The van der Waals surface area contributed by atoms with E-state index in [1.165, 1.54) is 0 Å². The molecule has 29 heavy (non-hydrogen) atoms. The maximum Gasteiger partial charge on any atom is 0.228 e. The number of hydrogen-bond acceptors (Lipinski definition) is 4. The molecule has 0 aromatic heterocycles. The Morgan fingerprint density at radius 3 is 2.62 bits per heavy atom. The summed E-state index contributed by atoms with van der Waals surface area (Å²) >= 11 is 0. The second-order valence-electron chi connectivity index (χ2n) is 7.32. The molecule has 3 rings (SSSR count). The molecule has 2 aromatic carbocycles. The zero-order chi connectivity index (χ0) is 20.8. The third-order valence-corrected chi connectivity index (χ3v) is 5.19. The lowest BCUT2D eigenvalue weighted by Crippen LogP contribution is -2.39. The molecule has 1 atom stereocenters. The first-order valence-electron chi connectivity index (χ1n) is 9.80. The lowest BCUT2D eigenvalue weighted by atomic mass is 10.1. The number of hydrogen-bond donors (Lipinski definition) is 0. The van der Waals surface area contributed by atoms with Gasteiger partial charge in [-0.1, -0.05) is 36.4 Å². The van der Waals surface area contributed by atoms with Crippen LogP contribution in [0.25, 0.3) is 0 Å². The fourth-order valence-electron chi connectivity index (χ4n) is 3.65. The van der Waals surface area contributed by atoms with E-state index in [-0.39, 0.29) is 24.2 Å². The summed E-state index contributed by atoms with van der Waals surface area (Å²) in [5, 5.41) is 0. The molecule has 1 saturated heterocycles. The third kappa shape index (κ3) is 4.95. The second-order valence-corrected chi connectivity index (χ2v) is 7.32. The minimum Gasteiger partial charge on any atom is -0.495 e. The number of carbonyl (C=O) groups excluding carboxylic acids is 2. The number of aryl methyl sites for hydroxylation is 1. The summed E-state index contributed by atoms with van der Waals surface area (Å²) in [6.07, 6.45) is 0.203. The van der Waals surface area contributed by atoms with Gasteiger partial charge in [-0.25, -0.2) is 0 Å². The van der Waals surface area contributed by atoms with Crippen LogP contribution in [0.4, 0.5) is 5.69 Å². The Balaban J connectivity index is 1.77. The summed E-state index contributed by atoms with van der Waals surface area (Å²) in [6, 6.07) is 15.6. The van der Waals surface area contributed by atoms with Crippen LogP contribution < -0.4 is 9.64 Å². The molecule has 0 bridgehead atoms. The summed E-state index contributed by atoms with van der Waals surface area (Å²) < 4.78 is 10.6. The molecule has 0 spiro atoms. The Morgan fingerprint density at radius 1 is 1.17 bits per heavy atom. The van der Waals surface area contributed by atoms with Crippen molar-refractivity contribution in [2.45, 2.75) is 19.9 Å². The van der Waals surface area contributed by atoms with Crippen molar-refractivity contribution >= 4 is 17.5 Å². The predicted molar refractivity (Wildman–Crippen MR) is 112 cm³/mol. The maximum atomic E-state index is 13.3. The number of amides is 2. The van der Waals surface area contributed by atoms with Crippen LogP contribution in [-0.2, 0) is 20.9 Å². The van der Waals surface area contributed by atoms with E-state index in [2.05, 4.69) is 0 Å². The van der Waals surface area contributed by atoms with E-state index in [9.17, 15) is 9.59 Å². The molecule has 0 unspecified atom stereocenters. The molecular weight excluding hydrogens is 368 g/mol. The third-order valence-electron chi connectivity index (χ3n) is 5.19. The van der Waals surface area contributed by atoms with Gasteiger partial charge in [-0.15, -0.1) is 0 Å². The van der Waals surface area contributed by atoms with E-state index in [1.807, 2.05) is 55.5 Å². The van der Waals surface area contributed by atoms with Crippen LogP contribution in [0.2, 0.25) is 0 Å². The molecule has 6 heteroatoms. The zero-order valence-electron chi connectivity index (χ0n) is 17.3. The van der Waals surface area contributed by atoms with Crippen molar-refractivity contribution in [3.8, 4) is 5.75 Å². The van der Waals surface area contributed by atoms with Gasteiger partial charge in [0.05, 0.1) is 25.3 Å². The highest BCUT2D eigenvalue weighted by molar-refractivity contribution is 6.01. The predicted octanol–water partition coefficient (Wildman–Crippen LogP) is 3.03. The summed E-state index contributed by atoms with van der Waals surface area (Å²) in [7, 11) is 3.21. The highest BCUT2D eigenvalue weighted by Crippen LogP contribution is 2.34. The van der Waals surface area contributed by atoms with Crippen LogP contribution in [0, 0.1) is 12.8 Å². The van der Waals surface area contributed by atoms with Crippen molar-refractivity contribution in [3.63, 3.8) is 0 Å². The molecule has 2 aromatic rings. The summed E-state index contributed by atoms with van der Waals surface area (Å²) in [6.45, 7) is 3.77. The van der Waals surface area contributed by atoms with Gasteiger partial charge in [-0.2, -0.15) is 0 Å². The quantitative estimate of drug-likeness (QED) is 0.688. The van der Waals surface area contributed by atoms with E-state index < -0.39 is 0 Å². The molecule has 1 aliphatic rings. The molecule has 1 fully saturated rings. The first-order chi connectivity index (χ1) is 14.0. The molecule has 2 amide bonds. The summed E-state index contributed by atoms with van der Waals surface area (Å²) in [4.78, 5) is 29.5. The fraction of sp³-hybridized carbons (Fsp3) is 0.391. The van der Waals surface area contributed by atoms with Crippen molar-refractivity contribution in [2.75, 3.05) is 38.8 Å². The van der Waals surface area contributed by atoms with Gasteiger partial charge in [-0.05, 0) is 30.2 Å². The van der Waals surface area contributed by atoms with Crippen LogP contribution in [0.3, 0.4) is 0 Å². The smallest absolute Gasteiger partial charge is 0.228 e. The second kappa shape index (κ2) is 9.56. The zero-order valence-corrected chi connectivity index (χ0v) is 17.3. The highest BCUT2D eigenvalue weighted by Gasteiger charge is 2.38. The van der Waals surface area contributed by atoms with Gasteiger partial charge < -0.3 is 19.3 Å². The van der Waals surface area contributed by atoms with Crippen molar-refractivity contribution < 1.29 is 19.1 Å². The minimum atomic E-state index is -0.381. The maximum absolute atomic E-state index is 13.3. The standard InChI is InChI=1S/C23H28N2O4/c1-17-9-10-21(29-3)20(13-17)25-16-19(14-22(25)26)23(27)24(11-12-28-2)15-18-7-5-4-6-8-18/h4-10,13,19H,11-12,14-16H2,1-3H3/t19-/m1/s1. The van der Waals surface area contributed by atoms with Crippen molar-refractivity contribution in [3.05, 3.63) is 59.7 Å². The molecule has 6 nitrogen and oxygen atoms in total. The highest BCUT2D eigenvalue weighted by atomic mass is 16.5. The molecule has 0 radical (unpaired) electrons.